The Kier molecular flexibility index (Phi) is 104. The number of rotatable bonds is 1. The molecular formula is H11BO8. The summed E-state index contributed by atoms with van der Waals surface area (Å²) in [6.45, 7) is 0. The van der Waals surface area contributed by atoms with Gasteiger partial charge in [-0.2, -0.15) is 0 Å². The van der Waals surface area contributed by atoms with Gasteiger partial charge in [0.05, 0.1) is 0 Å². The van der Waals surface area contributed by atoms with Gasteiger partial charge in [-0.05, 0) is 0 Å². The van der Waals surface area contributed by atoms with Crippen molar-refractivity contribution in [3.63, 3.8) is 0 Å². The van der Waals surface area contributed by atoms with Crippen LogP contribution in [0.1, 0.15) is 0 Å². The first-order valence-corrected chi connectivity index (χ1v) is 0.935. The van der Waals surface area contributed by atoms with Crippen LogP contribution in [0, 0.1) is 0 Å². The van der Waals surface area contributed by atoms with Gasteiger partial charge in [0.1, 0.15) is 0 Å². The van der Waals surface area contributed by atoms with Gasteiger partial charge < -0.3 is 32.0 Å². The first kappa shape index (κ1) is 37.4. The van der Waals surface area contributed by atoms with Crippen molar-refractivity contribution in [2.75, 3.05) is 0 Å². The van der Waals surface area contributed by atoms with E-state index in [1.165, 1.54) is 0 Å². The van der Waals surface area contributed by atoms with Crippen LogP contribution in [0.15, 0.2) is 0 Å². The largest absolute Gasteiger partial charge is 0.662 e. The minimum atomic E-state index is -2.06. The molecule has 62 valence electrons. The highest BCUT2D eigenvalue weighted by atomic mass is 17.1. The molecule has 0 aromatic rings. The Balaban J connectivity index is -0.0000000133. The number of hydrogen-bond donors (Lipinski definition) is 3. The van der Waals surface area contributed by atoms with E-state index in [1.54, 1.807) is 0 Å². The first-order chi connectivity index (χ1) is 2.27. The lowest BCUT2D eigenvalue weighted by molar-refractivity contribution is -0.173. The predicted octanol–water partition coefficient (Wildman–Crippen LogP) is -4.85. The summed E-state index contributed by atoms with van der Waals surface area (Å²) in [7, 11) is -2.06. The zero-order valence-electron chi connectivity index (χ0n) is 4.33. The molecule has 0 aromatic carbocycles. The topological polar surface area (TPSA) is 196 Å². The van der Waals surface area contributed by atoms with Gasteiger partial charge in [-0.25, -0.2) is 4.81 Å². The Morgan fingerprint density at radius 1 is 0.889 bits per heavy atom. The maximum atomic E-state index is 7.44. The van der Waals surface area contributed by atoms with Crippen LogP contribution in [0.3, 0.4) is 0 Å². The van der Waals surface area contributed by atoms with Gasteiger partial charge in [0, 0.05) is 0 Å². The van der Waals surface area contributed by atoms with E-state index in [4.69, 9.17) is 15.3 Å². The molecule has 9 heteroatoms. The molecule has 0 fully saturated rings. The molecule has 0 aliphatic heterocycles. The van der Waals surface area contributed by atoms with Crippen LogP contribution in [0.4, 0.5) is 0 Å². The van der Waals surface area contributed by atoms with Gasteiger partial charge in [-0.1, -0.05) is 0 Å². The molecule has 8 nitrogen and oxygen atoms in total. The molecular weight excluding hydrogens is 139 g/mol. The molecule has 0 amide bonds. The molecule has 0 aromatic heterocycles. The molecule has 0 bridgehead atoms. The Morgan fingerprint density at radius 2 is 1.00 bits per heavy atom. The second-order valence-electron chi connectivity index (χ2n) is 0.432. The monoisotopic (exact) mass is 150 g/mol. The molecule has 0 saturated carbocycles. The van der Waals surface area contributed by atoms with Crippen molar-refractivity contribution < 1.29 is 42.0 Å². The van der Waals surface area contributed by atoms with Gasteiger partial charge >= 0.3 is 7.32 Å². The molecule has 0 unspecified atom stereocenters. The summed E-state index contributed by atoms with van der Waals surface area (Å²) >= 11 is 0. The Labute approximate surface area is 50.7 Å². The van der Waals surface area contributed by atoms with Crippen LogP contribution >= 0.6 is 0 Å². The Hall–Kier alpha value is -0.255. The Morgan fingerprint density at radius 3 is 1.00 bits per heavy atom. The SMILES string of the molecule is O.O.O.O.OOB(O)O. The van der Waals surface area contributed by atoms with E-state index < -0.39 is 7.32 Å². The first-order valence-electron chi connectivity index (χ1n) is 0.935. The lowest BCUT2D eigenvalue weighted by Gasteiger charge is -1.82. The van der Waals surface area contributed by atoms with E-state index in [1.807, 2.05) is 0 Å². The molecule has 11 N–H and O–H groups in total. The zero-order valence-corrected chi connectivity index (χ0v) is 4.33. The summed E-state index contributed by atoms with van der Waals surface area (Å²) in [5.74, 6) is 0. The van der Waals surface area contributed by atoms with Crippen LogP contribution in [0.5, 0.6) is 0 Å². The summed E-state index contributed by atoms with van der Waals surface area (Å²) in [6, 6.07) is 0. The smallest absolute Gasteiger partial charge is 0.412 e. The summed E-state index contributed by atoms with van der Waals surface area (Å²) in [4.78, 5) is 2.86. The van der Waals surface area contributed by atoms with Crippen molar-refractivity contribution in [1.82, 2.24) is 0 Å². The van der Waals surface area contributed by atoms with E-state index >= 15 is 0 Å². The van der Waals surface area contributed by atoms with Crippen LogP contribution < -0.4 is 0 Å². The average Bonchev–Trinajstić information content (AvgIpc) is 1.38. The maximum Gasteiger partial charge on any atom is 0.662 e. The molecule has 9 heavy (non-hydrogen) atoms. The molecule has 0 spiro atoms. The lowest BCUT2D eigenvalue weighted by atomic mass is 10.3. The number of hydrogen-bond acceptors (Lipinski definition) is 4. The molecule has 0 radical (unpaired) electrons. The third-order valence-corrected chi connectivity index (χ3v) is 0.0943. The fourth-order valence-electron chi connectivity index (χ4n) is 0. The maximum absolute atomic E-state index is 7.44. The Bertz CT molecular complexity index is 18.5. The highest BCUT2D eigenvalue weighted by Gasteiger charge is 2.03. The quantitative estimate of drug-likeness (QED) is 0.191. The van der Waals surface area contributed by atoms with Crippen LogP contribution in [-0.4, -0.2) is 44.5 Å². The second kappa shape index (κ2) is 25.1. The highest BCUT2D eigenvalue weighted by molar-refractivity contribution is 6.32. The van der Waals surface area contributed by atoms with Crippen molar-refractivity contribution in [3.05, 3.63) is 0 Å². The van der Waals surface area contributed by atoms with Crippen molar-refractivity contribution in [1.29, 1.82) is 0 Å². The van der Waals surface area contributed by atoms with E-state index in [0.29, 0.717) is 0 Å². The fourth-order valence-corrected chi connectivity index (χ4v) is 0. The van der Waals surface area contributed by atoms with Crippen molar-refractivity contribution in [2.45, 2.75) is 0 Å². The third-order valence-electron chi connectivity index (χ3n) is 0.0943. The third kappa shape index (κ3) is 84.0. The van der Waals surface area contributed by atoms with E-state index in [0.717, 1.165) is 0 Å². The van der Waals surface area contributed by atoms with Gasteiger partial charge in [0.15, 0.2) is 0 Å². The summed E-state index contributed by atoms with van der Waals surface area (Å²) in [5, 5.41) is 22.0. The van der Waals surface area contributed by atoms with Crippen molar-refractivity contribution >= 4 is 7.32 Å². The van der Waals surface area contributed by atoms with Gasteiger partial charge in [0.25, 0.3) is 0 Å². The standard InChI is InChI=1S/BH3O4.4H2O/c2-1(3)5-4;;;;/h2-4H;4*1H2. The summed E-state index contributed by atoms with van der Waals surface area (Å²) < 4.78 is 0. The predicted molar refractivity (Wildman–Crippen MR) is 28.4 cm³/mol. The molecule has 0 aliphatic rings. The van der Waals surface area contributed by atoms with Crippen LogP contribution in [-0.2, 0) is 4.81 Å². The fraction of sp³-hybridized carbons (Fsp3) is 0. The average molecular weight is 150 g/mol. The molecule has 0 aliphatic carbocycles. The van der Waals surface area contributed by atoms with Crippen LogP contribution in [0.2, 0.25) is 0 Å². The van der Waals surface area contributed by atoms with E-state index in [9.17, 15) is 0 Å². The molecule has 0 rings (SSSR count). The summed E-state index contributed by atoms with van der Waals surface area (Å²) in [5.41, 5.74) is 0. The summed E-state index contributed by atoms with van der Waals surface area (Å²) in [6.07, 6.45) is 0. The minimum Gasteiger partial charge on any atom is -0.412 e. The lowest BCUT2D eigenvalue weighted by Crippen LogP contribution is -2.13. The highest BCUT2D eigenvalue weighted by Crippen LogP contribution is 1.58. The van der Waals surface area contributed by atoms with E-state index in [2.05, 4.69) is 4.81 Å². The minimum absolute atomic E-state index is 0. The molecule has 0 heterocycles. The molecule has 0 atom stereocenters. The van der Waals surface area contributed by atoms with Gasteiger partial charge in [0.2, 0.25) is 0 Å². The van der Waals surface area contributed by atoms with Gasteiger partial charge in [-0.15, -0.1) is 0 Å². The zero-order chi connectivity index (χ0) is 4.28. The normalized spacial score (nSPS) is 4.33. The second-order valence-corrected chi connectivity index (χ2v) is 0.432. The van der Waals surface area contributed by atoms with E-state index in [-0.39, 0.29) is 21.9 Å². The van der Waals surface area contributed by atoms with Gasteiger partial charge in [-0.3, -0.25) is 5.26 Å². The van der Waals surface area contributed by atoms with Crippen LogP contribution in [0.25, 0.3) is 0 Å². The van der Waals surface area contributed by atoms with Crippen molar-refractivity contribution in [3.8, 4) is 0 Å². The van der Waals surface area contributed by atoms with Crippen molar-refractivity contribution in [2.24, 2.45) is 0 Å². The molecule has 0 saturated heterocycles.